The summed E-state index contributed by atoms with van der Waals surface area (Å²) in [6, 6.07) is 0.968. The van der Waals surface area contributed by atoms with Gasteiger partial charge in [-0.15, -0.1) is 0 Å². The van der Waals surface area contributed by atoms with Crippen LogP contribution in [-0.4, -0.2) is 24.8 Å². The van der Waals surface area contributed by atoms with Crippen LogP contribution in [0.4, 0.5) is 0 Å². The van der Waals surface area contributed by atoms with Crippen LogP contribution >= 0.6 is 0 Å². The van der Waals surface area contributed by atoms with Gasteiger partial charge in [-0.2, -0.15) is 0 Å². The van der Waals surface area contributed by atoms with E-state index in [1.807, 2.05) is 12.3 Å². The lowest BCUT2D eigenvalue weighted by molar-refractivity contribution is 0.344. The summed E-state index contributed by atoms with van der Waals surface area (Å²) in [6.07, 6.45) is 11.1. The van der Waals surface area contributed by atoms with Gasteiger partial charge in [0.1, 0.15) is 0 Å². The van der Waals surface area contributed by atoms with Gasteiger partial charge in [-0.05, 0) is 25.3 Å². The minimum Gasteiger partial charge on any atom is -0.288 e. The summed E-state index contributed by atoms with van der Waals surface area (Å²) in [5, 5.41) is 4.61. The lowest BCUT2D eigenvalue weighted by Crippen LogP contribution is -2.37. The van der Waals surface area contributed by atoms with Crippen LogP contribution in [0.15, 0.2) is 17.1 Å². The topological polar surface area (TPSA) is 26.5 Å². The van der Waals surface area contributed by atoms with E-state index in [9.17, 15) is 0 Å². The molecular weight excluding hydrogens is 148 g/mol. The Hall–Kier alpha value is -0.630. The molecule has 0 aromatic heterocycles. The van der Waals surface area contributed by atoms with Crippen molar-refractivity contribution in [3.05, 3.63) is 12.2 Å². The maximum absolute atomic E-state index is 4.61. The number of nitrogens with zero attached hydrogens (tertiary/aromatic N) is 2. The molecule has 0 N–H and O–H groups in total. The van der Waals surface area contributed by atoms with Gasteiger partial charge in [-0.1, -0.05) is 12.5 Å². The zero-order valence-electron chi connectivity index (χ0n) is 7.32. The first-order valence-electron chi connectivity index (χ1n) is 4.82. The van der Waals surface area contributed by atoms with Crippen LogP contribution in [0.5, 0.6) is 0 Å². The van der Waals surface area contributed by atoms with Gasteiger partial charge in [0.2, 0.25) is 0 Å². The summed E-state index contributed by atoms with van der Waals surface area (Å²) >= 11 is 0. The van der Waals surface area contributed by atoms with Gasteiger partial charge >= 0.3 is 0 Å². The molecule has 0 amide bonds. The molecule has 0 aromatic rings. The highest BCUT2D eigenvalue weighted by Gasteiger charge is 2.22. The highest BCUT2D eigenvalue weighted by molar-refractivity contribution is 5.72. The summed E-state index contributed by atoms with van der Waals surface area (Å²) in [5.74, 6) is 0. The third-order valence-electron chi connectivity index (χ3n) is 2.59. The SMILES string of the molecule is C1=CCC(C2CCCC[N]2)N=C1. The molecule has 0 aromatic carbocycles. The van der Waals surface area contributed by atoms with Crippen molar-refractivity contribution < 1.29 is 0 Å². The fourth-order valence-electron chi connectivity index (χ4n) is 1.88. The van der Waals surface area contributed by atoms with Crippen molar-refractivity contribution >= 4 is 6.21 Å². The van der Waals surface area contributed by atoms with Gasteiger partial charge in [0.15, 0.2) is 0 Å². The smallest absolute Gasteiger partial charge is 0.0703 e. The molecule has 65 valence electrons. The number of allylic oxidation sites excluding steroid dienone is 1. The van der Waals surface area contributed by atoms with E-state index in [4.69, 9.17) is 0 Å². The number of hydrogen-bond acceptors (Lipinski definition) is 1. The van der Waals surface area contributed by atoms with Crippen LogP contribution in [0.25, 0.3) is 0 Å². The average Bonchev–Trinajstić information content (AvgIpc) is 2.21. The number of piperidine rings is 1. The maximum Gasteiger partial charge on any atom is 0.0703 e. The third kappa shape index (κ3) is 1.75. The molecule has 2 aliphatic rings. The monoisotopic (exact) mass is 163 g/mol. The van der Waals surface area contributed by atoms with Crippen LogP contribution in [0.3, 0.4) is 0 Å². The van der Waals surface area contributed by atoms with Crippen molar-refractivity contribution in [1.82, 2.24) is 5.32 Å². The molecule has 2 nitrogen and oxygen atoms in total. The van der Waals surface area contributed by atoms with Gasteiger partial charge in [-0.25, -0.2) is 5.32 Å². The van der Waals surface area contributed by atoms with Gasteiger partial charge in [-0.3, -0.25) is 4.99 Å². The molecule has 12 heavy (non-hydrogen) atoms. The summed E-state index contributed by atoms with van der Waals surface area (Å²) in [5.41, 5.74) is 0. The van der Waals surface area contributed by atoms with E-state index >= 15 is 0 Å². The third-order valence-corrected chi connectivity index (χ3v) is 2.59. The molecular formula is C10H15N2. The maximum atomic E-state index is 4.61. The Morgan fingerprint density at radius 3 is 2.83 bits per heavy atom. The van der Waals surface area contributed by atoms with E-state index in [0.29, 0.717) is 12.1 Å². The lowest BCUT2D eigenvalue weighted by Gasteiger charge is -2.27. The molecule has 2 heteroatoms. The number of aliphatic imine (C=N–C) groups is 1. The molecule has 0 bridgehead atoms. The van der Waals surface area contributed by atoms with Crippen LogP contribution in [-0.2, 0) is 0 Å². The Kier molecular flexibility index (Phi) is 2.57. The highest BCUT2D eigenvalue weighted by atomic mass is 15.0. The van der Waals surface area contributed by atoms with Crippen LogP contribution in [0.1, 0.15) is 25.7 Å². The Bertz CT molecular complexity index is 190. The normalized spacial score (nSPS) is 35.3. The van der Waals surface area contributed by atoms with Gasteiger partial charge in [0.05, 0.1) is 6.04 Å². The molecule has 1 saturated heterocycles. The second-order valence-electron chi connectivity index (χ2n) is 3.50. The zero-order chi connectivity index (χ0) is 8.23. The Morgan fingerprint density at radius 2 is 2.17 bits per heavy atom. The lowest BCUT2D eigenvalue weighted by atomic mass is 9.95. The molecule has 2 rings (SSSR count). The summed E-state index contributed by atoms with van der Waals surface area (Å²) < 4.78 is 0. The van der Waals surface area contributed by atoms with E-state index in [1.54, 1.807) is 0 Å². The summed E-state index contributed by atoms with van der Waals surface area (Å²) in [4.78, 5) is 4.45. The first kappa shape index (κ1) is 7.99. The predicted molar refractivity (Wildman–Crippen MR) is 50.7 cm³/mol. The molecule has 0 spiro atoms. The van der Waals surface area contributed by atoms with Crippen molar-refractivity contribution in [2.24, 2.45) is 4.99 Å². The van der Waals surface area contributed by atoms with Crippen molar-refractivity contribution in [3.63, 3.8) is 0 Å². The summed E-state index contributed by atoms with van der Waals surface area (Å²) in [7, 11) is 0. The molecule has 0 saturated carbocycles. The van der Waals surface area contributed by atoms with E-state index in [-0.39, 0.29) is 0 Å². The van der Waals surface area contributed by atoms with Crippen molar-refractivity contribution in [2.45, 2.75) is 37.8 Å². The fourth-order valence-corrected chi connectivity index (χ4v) is 1.88. The number of hydrogen-bond donors (Lipinski definition) is 0. The van der Waals surface area contributed by atoms with Crippen molar-refractivity contribution in [1.29, 1.82) is 0 Å². The molecule has 1 radical (unpaired) electrons. The Balaban J connectivity index is 1.90. The Morgan fingerprint density at radius 1 is 1.17 bits per heavy atom. The first-order valence-corrected chi connectivity index (χ1v) is 4.82. The van der Waals surface area contributed by atoms with Crippen molar-refractivity contribution in [2.75, 3.05) is 6.54 Å². The van der Waals surface area contributed by atoms with E-state index < -0.39 is 0 Å². The Labute approximate surface area is 73.8 Å². The molecule has 0 aliphatic carbocycles. The number of rotatable bonds is 1. The second kappa shape index (κ2) is 3.85. The van der Waals surface area contributed by atoms with Crippen molar-refractivity contribution in [3.8, 4) is 0 Å². The van der Waals surface area contributed by atoms with Gasteiger partial charge in [0.25, 0.3) is 0 Å². The van der Waals surface area contributed by atoms with Crippen LogP contribution in [0.2, 0.25) is 0 Å². The number of dihydropyridines is 1. The van der Waals surface area contributed by atoms with Gasteiger partial charge < -0.3 is 0 Å². The van der Waals surface area contributed by atoms with E-state index in [0.717, 1.165) is 13.0 Å². The largest absolute Gasteiger partial charge is 0.288 e. The minimum atomic E-state index is 0.454. The predicted octanol–water partition coefficient (Wildman–Crippen LogP) is 1.54. The minimum absolute atomic E-state index is 0.454. The molecule has 2 atom stereocenters. The van der Waals surface area contributed by atoms with Gasteiger partial charge in [0, 0.05) is 18.8 Å². The van der Waals surface area contributed by atoms with E-state index in [1.165, 1.54) is 19.3 Å². The molecule has 2 unspecified atom stereocenters. The standard InChI is InChI=1S/C10H15N2/c1-3-7-11-9(5-1)10-6-2-4-8-12-10/h1,3,7,9-10H,2,4-6,8H2. The average molecular weight is 163 g/mol. The van der Waals surface area contributed by atoms with Crippen LogP contribution < -0.4 is 5.32 Å². The summed E-state index contributed by atoms with van der Waals surface area (Å²) in [6.45, 7) is 1.06. The molecule has 2 heterocycles. The quantitative estimate of drug-likeness (QED) is 0.560. The fraction of sp³-hybridized carbons (Fsp3) is 0.700. The second-order valence-corrected chi connectivity index (χ2v) is 3.50. The highest BCUT2D eigenvalue weighted by Crippen LogP contribution is 2.18. The van der Waals surface area contributed by atoms with E-state index in [2.05, 4.69) is 16.4 Å². The molecule has 2 aliphatic heterocycles. The molecule has 1 fully saturated rings. The van der Waals surface area contributed by atoms with Crippen LogP contribution in [0, 0.1) is 0 Å². The zero-order valence-corrected chi connectivity index (χ0v) is 7.32. The first-order chi connectivity index (χ1) is 5.97.